The van der Waals surface area contributed by atoms with Crippen LogP contribution in [0.15, 0.2) is 0 Å². The first kappa shape index (κ1) is 15.8. The molecule has 0 aliphatic heterocycles. The van der Waals surface area contributed by atoms with E-state index in [9.17, 15) is 0 Å². The van der Waals surface area contributed by atoms with E-state index in [1.807, 2.05) is 0 Å². The van der Waals surface area contributed by atoms with Crippen LogP contribution in [0.25, 0.3) is 0 Å². The van der Waals surface area contributed by atoms with Crippen molar-refractivity contribution in [3.05, 3.63) is 0 Å². The molecule has 0 unspecified atom stereocenters. The highest BCUT2D eigenvalue weighted by Gasteiger charge is 2.25. The van der Waals surface area contributed by atoms with E-state index in [4.69, 9.17) is 17.2 Å². The number of hydrogen-bond donors (Lipinski definition) is 6. The van der Waals surface area contributed by atoms with Crippen LogP contribution in [-0.4, -0.2) is 45.1 Å². The molecule has 0 amide bonds. The van der Waals surface area contributed by atoms with Crippen molar-refractivity contribution >= 4 is 0 Å². The summed E-state index contributed by atoms with van der Waals surface area (Å²) in [6, 6.07) is 0. The van der Waals surface area contributed by atoms with Crippen molar-refractivity contribution in [2.75, 3.05) is 39.3 Å². The Morgan fingerprint density at radius 1 is 0.812 bits per heavy atom. The zero-order valence-electron chi connectivity index (χ0n) is 10.4. The summed E-state index contributed by atoms with van der Waals surface area (Å²) in [5, 5.41) is 10.2. The zero-order chi connectivity index (χ0) is 12.3. The summed E-state index contributed by atoms with van der Waals surface area (Å²) in [4.78, 5) is 0. The molecule has 0 aliphatic rings. The molecule has 0 rings (SSSR count). The molecule has 0 aromatic rings. The van der Waals surface area contributed by atoms with Crippen molar-refractivity contribution in [3.63, 3.8) is 0 Å². The van der Waals surface area contributed by atoms with E-state index in [1.165, 1.54) is 0 Å². The average molecular weight is 232 g/mol. The molecular formula is C10H28N6. The third-order valence-corrected chi connectivity index (χ3v) is 2.34. The van der Waals surface area contributed by atoms with Crippen LogP contribution < -0.4 is 33.2 Å². The van der Waals surface area contributed by atoms with Gasteiger partial charge in [-0.2, -0.15) is 0 Å². The summed E-state index contributed by atoms with van der Waals surface area (Å²) < 4.78 is 0. The van der Waals surface area contributed by atoms with Gasteiger partial charge in [-0.05, 0) is 6.42 Å². The van der Waals surface area contributed by atoms with Gasteiger partial charge in [-0.25, -0.2) is 0 Å². The number of rotatable bonds is 11. The van der Waals surface area contributed by atoms with E-state index in [2.05, 4.69) is 22.9 Å². The first-order chi connectivity index (χ1) is 7.74. The highest BCUT2D eigenvalue weighted by Crippen LogP contribution is 2.05. The Kier molecular flexibility index (Phi) is 9.80. The maximum atomic E-state index is 5.52. The van der Waals surface area contributed by atoms with E-state index < -0.39 is 0 Å². The summed E-state index contributed by atoms with van der Waals surface area (Å²) in [6.45, 7) is 6.26. The lowest BCUT2D eigenvalue weighted by molar-refractivity contribution is 0.186. The first-order valence-corrected chi connectivity index (χ1v) is 6.10. The normalized spacial score (nSPS) is 12.0. The maximum absolute atomic E-state index is 5.52. The minimum Gasteiger partial charge on any atom is -0.329 e. The van der Waals surface area contributed by atoms with Crippen LogP contribution in [0, 0.1) is 0 Å². The van der Waals surface area contributed by atoms with E-state index in [1.54, 1.807) is 0 Å². The van der Waals surface area contributed by atoms with Crippen LogP contribution in [0.1, 0.15) is 19.8 Å². The van der Waals surface area contributed by atoms with E-state index in [-0.39, 0.29) is 5.79 Å². The summed E-state index contributed by atoms with van der Waals surface area (Å²) in [5.74, 6) is -0.285. The molecule has 0 saturated carbocycles. The van der Waals surface area contributed by atoms with E-state index >= 15 is 0 Å². The van der Waals surface area contributed by atoms with Gasteiger partial charge in [0, 0.05) is 39.3 Å². The molecule has 6 nitrogen and oxygen atoms in total. The zero-order valence-corrected chi connectivity index (χ0v) is 10.4. The van der Waals surface area contributed by atoms with Gasteiger partial charge in [-0.15, -0.1) is 0 Å². The second kappa shape index (κ2) is 9.95. The fourth-order valence-electron chi connectivity index (χ4n) is 1.68. The molecule has 0 heterocycles. The standard InChI is InChI=1S/C10H28N6/c1-2-3-10(14-7-4-11,15-8-5-12)16-9-6-13/h14-16H,2-9,11-13H2,1H3. The molecule has 0 radical (unpaired) electrons. The lowest BCUT2D eigenvalue weighted by atomic mass is 10.1. The van der Waals surface area contributed by atoms with Gasteiger partial charge in [0.25, 0.3) is 0 Å². The quantitative estimate of drug-likeness (QED) is 0.232. The van der Waals surface area contributed by atoms with Gasteiger partial charge in [0.05, 0.1) is 0 Å². The molecule has 0 bridgehead atoms. The van der Waals surface area contributed by atoms with Gasteiger partial charge < -0.3 is 17.2 Å². The molecule has 0 aromatic heterocycles. The average Bonchev–Trinajstić information content (AvgIpc) is 2.31. The lowest BCUT2D eigenvalue weighted by Crippen LogP contribution is -2.68. The van der Waals surface area contributed by atoms with Gasteiger partial charge in [0.1, 0.15) is 5.79 Å². The fourth-order valence-corrected chi connectivity index (χ4v) is 1.68. The van der Waals surface area contributed by atoms with Crippen molar-refractivity contribution in [1.29, 1.82) is 0 Å². The number of nitrogens with two attached hydrogens (primary N) is 3. The molecule has 0 saturated heterocycles. The maximum Gasteiger partial charge on any atom is 0.123 e. The van der Waals surface area contributed by atoms with Crippen molar-refractivity contribution in [3.8, 4) is 0 Å². The SMILES string of the molecule is CCCC(NCCN)(NCCN)NCCN. The Hall–Kier alpha value is -0.240. The summed E-state index contributed by atoms with van der Waals surface area (Å²) in [7, 11) is 0. The minimum absolute atomic E-state index is 0.285. The van der Waals surface area contributed by atoms with Crippen LogP contribution >= 0.6 is 0 Å². The topological polar surface area (TPSA) is 114 Å². The van der Waals surface area contributed by atoms with Gasteiger partial charge >= 0.3 is 0 Å². The van der Waals surface area contributed by atoms with Crippen LogP contribution in [-0.2, 0) is 0 Å². The first-order valence-electron chi connectivity index (χ1n) is 6.10. The Morgan fingerprint density at radius 2 is 1.19 bits per heavy atom. The van der Waals surface area contributed by atoms with Crippen molar-refractivity contribution in [2.45, 2.75) is 25.6 Å². The summed E-state index contributed by atoms with van der Waals surface area (Å²) >= 11 is 0. The van der Waals surface area contributed by atoms with E-state index in [0.29, 0.717) is 19.6 Å². The highest BCUT2D eigenvalue weighted by atomic mass is 15.4. The third-order valence-electron chi connectivity index (χ3n) is 2.34. The smallest absolute Gasteiger partial charge is 0.123 e. The summed E-state index contributed by atoms with van der Waals surface area (Å²) in [5.41, 5.74) is 16.6. The largest absolute Gasteiger partial charge is 0.329 e. The molecule has 0 fully saturated rings. The molecule has 0 spiro atoms. The Bertz CT molecular complexity index is 130. The molecule has 98 valence electrons. The van der Waals surface area contributed by atoms with Gasteiger partial charge in [0.15, 0.2) is 0 Å². The van der Waals surface area contributed by atoms with Crippen LogP contribution in [0.2, 0.25) is 0 Å². The van der Waals surface area contributed by atoms with Crippen LogP contribution in [0.3, 0.4) is 0 Å². The van der Waals surface area contributed by atoms with E-state index in [0.717, 1.165) is 32.5 Å². The Balaban J connectivity index is 4.32. The predicted molar refractivity (Wildman–Crippen MR) is 68.8 cm³/mol. The molecule has 6 heteroatoms. The van der Waals surface area contributed by atoms with Crippen LogP contribution in [0.4, 0.5) is 0 Å². The van der Waals surface area contributed by atoms with Crippen molar-refractivity contribution in [2.24, 2.45) is 17.2 Å². The summed E-state index contributed by atoms with van der Waals surface area (Å²) in [6.07, 6.45) is 2.03. The molecule has 0 atom stereocenters. The van der Waals surface area contributed by atoms with Crippen LogP contribution in [0.5, 0.6) is 0 Å². The van der Waals surface area contributed by atoms with Gasteiger partial charge in [0.2, 0.25) is 0 Å². The third kappa shape index (κ3) is 6.37. The fraction of sp³-hybridized carbons (Fsp3) is 1.00. The van der Waals surface area contributed by atoms with Gasteiger partial charge in [-0.3, -0.25) is 16.0 Å². The number of nitrogens with one attached hydrogen (secondary N) is 3. The molecule has 9 N–H and O–H groups in total. The van der Waals surface area contributed by atoms with Crippen molar-refractivity contribution < 1.29 is 0 Å². The Labute approximate surface area is 98.7 Å². The monoisotopic (exact) mass is 232 g/mol. The molecule has 0 aliphatic carbocycles. The highest BCUT2D eigenvalue weighted by molar-refractivity contribution is 4.83. The second-order valence-corrected chi connectivity index (χ2v) is 3.80. The Morgan fingerprint density at radius 3 is 1.44 bits per heavy atom. The number of hydrogen-bond acceptors (Lipinski definition) is 6. The second-order valence-electron chi connectivity index (χ2n) is 3.80. The molecule has 0 aromatic carbocycles. The predicted octanol–water partition coefficient (Wildman–Crippen LogP) is -1.91. The van der Waals surface area contributed by atoms with Crippen molar-refractivity contribution in [1.82, 2.24) is 16.0 Å². The lowest BCUT2D eigenvalue weighted by Gasteiger charge is -2.37. The molecular weight excluding hydrogens is 204 g/mol. The minimum atomic E-state index is -0.285. The van der Waals surface area contributed by atoms with Gasteiger partial charge in [-0.1, -0.05) is 13.3 Å². The molecule has 16 heavy (non-hydrogen) atoms.